The molecule has 0 saturated carbocycles. The van der Waals surface area contributed by atoms with Gasteiger partial charge in [0.05, 0.1) is 6.10 Å². The predicted molar refractivity (Wildman–Crippen MR) is 69.3 cm³/mol. The zero-order valence-corrected chi connectivity index (χ0v) is 10.6. The molecule has 1 unspecified atom stereocenters. The number of hydrogen-bond donors (Lipinski definition) is 1. The van der Waals surface area contributed by atoms with Gasteiger partial charge in [-0.2, -0.15) is 0 Å². The Hall–Kier alpha value is -0.860. The molecule has 1 aromatic rings. The minimum atomic E-state index is -0.277. The Morgan fingerprint density at radius 2 is 2.12 bits per heavy atom. The van der Waals surface area contributed by atoms with E-state index in [9.17, 15) is 5.11 Å². The smallest absolute Gasteiger partial charge is 0.0602 e. The fourth-order valence-electron chi connectivity index (χ4n) is 2.49. The van der Waals surface area contributed by atoms with Crippen molar-refractivity contribution in [2.75, 3.05) is 13.2 Å². The molecule has 94 valence electrons. The molecule has 0 aliphatic heterocycles. The van der Waals surface area contributed by atoms with E-state index in [1.165, 1.54) is 36.0 Å². The average molecular weight is 234 g/mol. The second kappa shape index (κ2) is 6.18. The van der Waals surface area contributed by atoms with Gasteiger partial charge in [-0.1, -0.05) is 18.2 Å². The summed E-state index contributed by atoms with van der Waals surface area (Å²) in [5.41, 5.74) is 4.24. The van der Waals surface area contributed by atoms with Crippen LogP contribution in [0, 0.1) is 0 Å². The summed E-state index contributed by atoms with van der Waals surface area (Å²) in [4.78, 5) is 0. The van der Waals surface area contributed by atoms with Crippen LogP contribution < -0.4 is 0 Å². The lowest BCUT2D eigenvalue weighted by Gasteiger charge is -2.11. The van der Waals surface area contributed by atoms with Crippen LogP contribution in [0.4, 0.5) is 0 Å². The summed E-state index contributed by atoms with van der Waals surface area (Å²) in [6, 6.07) is 6.66. The number of hydrogen-bond acceptors (Lipinski definition) is 2. The van der Waals surface area contributed by atoms with Gasteiger partial charge in [-0.3, -0.25) is 0 Å². The molecule has 0 saturated heterocycles. The molecular formula is C15H22O2. The van der Waals surface area contributed by atoms with Crippen LogP contribution in [0.1, 0.15) is 36.5 Å². The summed E-state index contributed by atoms with van der Waals surface area (Å²) in [6.45, 7) is 3.36. The Kier molecular flexibility index (Phi) is 4.57. The highest BCUT2D eigenvalue weighted by molar-refractivity contribution is 5.35. The van der Waals surface area contributed by atoms with E-state index in [2.05, 4.69) is 18.2 Å². The second-order valence-corrected chi connectivity index (χ2v) is 4.80. The lowest BCUT2D eigenvalue weighted by molar-refractivity contribution is 0.0887. The van der Waals surface area contributed by atoms with E-state index in [0.717, 1.165) is 19.4 Å². The molecule has 0 fully saturated rings. The molecule has 1 aliphatic carbocycles. The minimum absolute atomic E-state index is 0.277. The summed E-state index contributed by atoms with van der Waals surface area (Å²) in [5.74, 6) is 0. The number of rotatable bonds is 6. The Bertz CT molecular complexity index is 360. The largest absolute Gasteiger partial charge is 0.393 e. The molecule has 0 amide bonds. The molecular weight excluding hydrogens is 212 g/mol. The van der Waals surface area contributed by atoms with Crippen molar-refractivity contribution in [1.82, 2.24) is 0 Å². The van der Waals surface area contributed by atoms with Crippen LogP contribution in [0.2, 0.25) is 0 Å². The summed E-state index contributed by atoms with van der Waals surface area (Å²) in [7, 11) is 0. The van der Waals surface area contributed by atoms with Crippen LogP contribution in [0.15, 0.2) is 18.2 Å². The van der Waals surface area contributed by atoms with Crippen molar-refractivity contribution in [1.29, 1.82) is 0 Å². The molecule has 1 aliphatic rings. The maximum atomic E-state index is 9.90. The van der Waals surface area contributed by atoms with Crippen molar-refractivity contribution in [3.63, 3.8) is 0 Å². The molecule has 0 aromatic heterocycles. The maximum absolute atomic E-state index is 9.90. The maximum Gasteiger partial charge on any atom is 0.0602 e. The number of ether oxygens (including phenoxy) is 1. The zero-order valence-electron chi connectivity index (χ0n) is 10.6. The third-order valence-electron chi connectivity index (χ3n) is 3.43. The van der Waals surface area contributed by atoms with Crippen molar-refractivity contribution < 1.29 is 9.84 Å². The summed E-state index contributed by atoms with van der Waals surface area (Å²) in [5, 5.41) is 9.90. The summed E-state index contributed by atoms with van der Waals surface area (Å²) < 4.78 is 5.26. The number of aryl methyl sites for hydroxylation is 2. The number of aliphatic hydroxyl groups is 1. The third kappa shape index (κ3) is 3.55. The Morgan fingerprint density at radius 3 is 2.94 bits per heavy atom. The SMILES string of the molecule is CCOCCC(O)Cc1ccc2c(c1)CCC2. The lowest BCUT2D eigenvalue weighted by atomic mass is 10.0. The number of fused-ring (bicyclic) bond motifs is 1. The first kappa shape index (κ1) is 12.6. The van der Waals surface area contributed by atoms with Gasteiger partial charge in [-0.15, -0.1) is 0 Å². The fourth-order valence-corrected chi connectivity index (χ4v) is 2.49. The van der Waals surface area contributed by atoms with E-state index < -0.39 is 0 Å². The van der Waals surface area contributed by atoms with Gasteiger partial charge in [0.2, 0.25) is 0 Å². The van der Waals surface area contributed by atoms with Crippen LogP contribution >= 0.6 is 0 Å². The van der Waals surface area contributed by atoms with Crippen molar-refractivity contribution in [2.24, 2.45) is 0 Å². The molecule has 1 N–H and O–H groups in total. The highest BCUT2D eigenvalue weighted by atomic mass is 16.5. The quantitative estimate of drug-likeness (QED) is 0.766. The van der Waals surface area contributed by atoms with E-state index in [0.29, 0.717) is 6.61 Å². The van der Waals surface area contributed by atoms with Gasteiger partial charge in [0.15, 0.2) is 0 Å². The van der Waals surface area contributed by atoms with Crippen LogP contribution in [-0.2, 0) is 24.0 Å². The summed E-state index contributed by atoms with van der Waals surface area (Å²) >= 11 is 0. The molecule has 1 aromatic carbocycles. The van der Waals surface area contributed by atoms with E-state index in [4.69, 9.17) is 4.74 Å². The monoisotopic (exact) mass is 234 g/mol. The number of benzene rings is 1. The Morgan fingerprint density at radius 1 is 1.29 bits per heavy atom. The van der Waals surface area contributed by atoms with Gasteiger partial charge in [-0.25, -0.2) is 0 Å². The van der Waals surface area contributed by atoms with E-state index in [1.54, 1.807) is 0 Å². The van der Waals surface area contributed by atoms with Crippen molar-refractivity contribution >= 4 is 0 Å². The van der Waals surface area contributed by atoms with E-state index >= 15 is 0 Å². The molecule has 17 heavy (non-hydrogen) atoms. The van der Waals surface area contributed by atoms with Gasteiger partial charge in [0, 0.05) is 13.2 Å². The molecule has 2 heteroatoms. The van der Waals surface area contributed by atoms with Gasteiger partial charge >= 0.3 is 0 Å². The number of aliphatic hydroxyl groups excluding tert-OH is 1. The standard InChI is InChI=1S/C15H22O2/c1-2-17-9-8-15(16)11-12-6-7-13-4-3-5-14(13)10-12/h6-7,10,15-16H,2-5,8-9,11H2,1H3. The molecule has 0 bridgehead atoms. The zero-order chi connectivity index (χ0) is 12.1. The molecule has 0 spiro atoms. The van der Waals surface area contributed by atoms with E-state index in [-0.39, 0.29) is 6.10 Å². The van der Waals surface area contributed by atoms with Gasteiger partial charge in [-0.05, 0) is 55.7 Å². The van der Waals surface area contributed by atoms with Crippen molar-refractivity contribution in [3.05, 3.63) is 34.9 Å². The lowest BCUT2D eigenvalue weighted by Crippen LogP contribution is -2.13. The molecule has 1 atom stereocenters. The first-order valence-electron chi connectivity index (χ1n) is 6.66. The van der Waals surface area contributed by atoms with Crippen LogP contribution in [0.25, 0.3) is 0 Å². The molecule has 0 heterocycles. The van der Waals surface area contributed by atoms with Crippen molar-refractivity contribution in [2.45, 2.75) is 45.1 Å². The van der Waals surface area contributed by atoms with Crippen LogP contribution in [-0.4, -0.2) is 24.4 Å². The fraction of sp³-hybridized carbons (Fsp3) is 0.600. The third-order valence-corrected chi connectivity index (χ3v) is 3.43. The Balaban J connectivity index is 1.86. The molecule has 0 radical (unpaired) electrons. The van der Waals surface area contributed by atoms with Crippen LogP contribution in [0.3, 0.4) is 0 Å². The minimum Gasteiger partial charge on any atom is -0.393 e. The first-order chi connectivity index (χ1) is 8.29. The van der Waals surface area contributed by atoms with Gasteiger partial charge in [0.1, 0.15) is 0 Å². The Labute approximate surface area is 104 Å². The second-order valence-electron chi connectivity index (χ2n) is 4.80. The first-order valence-corrected chi connectivity index (χ1v) is 6.66. The predicted octanol–water partition coefficient (Wildman–Crippen LogP) is 2.51. The van der Waals surface area contributed by atoms with Gasteiger partial charge < -0.3 is 9.84 Å². The molecule has 2 rings (SSSR count). The van der Waals surface area contributed by atoms with E-state index in [1.807, 2.05) is 6.92 Å². The van der Waals surface area contributed by atoms with Crippen LogP contribution in [0.5, 0.6) is 0 Å². The highest BCUT2D eigenvalue weighted by Crippen LogP contribution is 2.23. The normalized spacial score (nSPS) is 15.9. The molecule has 2 nitrogen and oxygen atoms in total. The van der Waals surface area contributed by atoms with Gasteiger partial charge in [0.25, 0.3) is 0 Å². The highest BCUT2D eigenvalue weighted by Gasteiger charge is 2.12. The average Bonchev–Trinajstić information content (AvgIpc) is 2.76. The topological polar surface area (TPSA) is 29.5 Å². The van der Waals surface area contributed by atoms with Crippen molar-refractivity contribution in [3.8, 4) is 0 Å². The summed E-state index contributed by atoms with van der Waals surface area (Å²) in [6.07, 6.45) is 4.92.